The van der Waals surface area contributed by atoms with Crippen LogP contribution in [-0.2, 0) is 9.57 Å². The van der Waals surface area contributed by atoms with E-state index < -0.39 is 0 Å². The summed E-state index contributed by atoms with van der Waals surface area (Å²) in [7, 11) is 0. The van der Waals surface area contributed by atoms with E-state index in [1.807, 2.05) is 12.1 Å². The number of hydrogen-bond acceptors (Lipinski definition) is 3. The molecule has 0 amide bonds. The van der Waals surface area contributed by atoms with E-state index in [0.717, 1.165) is 43.6 Å². The highest BCUT2D eigenvalue weighted by Crippen LogP contribution is 2.46. The van der Waals surface area contributed by atoms with E-state index in [9.17, 15) is 0 Å². The molecule has 1 saturated heterocycles. The first-order chi connectivity index (χ1) is 11.2. The summed E-state index contributed by atoms with van der Waals surface area (Å²) >= 11 is 0. The molecule has 0 aromatic heterocycles. The molecule has 0 atom stereocenters. The van der Waals surface area contributed by atoms with Crippen molar-refractivity contribution in [3.63, 3.8) is 0 Å². The Bertz CT molecular complexity index is 679. The van der Waals surface area contributed by atoms with Crippen LogP contribution in [0.4, 0.5) is 0 Å². The average Bonchev–Trinajstić information content (AvgIpc) is 3.17. The van der Waals surface area contributed by atoms with Crippen LogP contribution in [0.15, 0.2) is 36.0 Å². The van der Waals surface area contributed by atoms with Gasteiger partial charge in [0.05, 0.1) is 5.60 Å². The molecule has 2 fully saturated rings. The van der Waals surface area contributed by atoms with Crippen molar-refractivity contribution in [2.24, 2.45) is 0 Å². The zero-order valence-corrected chi connectivity index (χ0v) is 13.7. The Morgan fingerprint density at radius 2 is 1.96 bits per heavy atom. The van der Waals surface area contributed by atoms with E-state index in [4.69, 9.17) is 9.57 Å². The lowest BCUT2D eigenvalue weighted by Gasteiger charge is -2.40. The molecule has 1 saturated carbocycles. The van der Waals surface area contributed by atoms with Gasteiger partial charge in [0.25, 0.3) is 0 Å². The molecule has 0 radical (unpaired) electrons. The number of rotatable bonds is 0. The number of aryl methyl sites for hydroxylation is 1. The van der Waals surface area contributed by atoms with Crippen LogP contribution in [0.2, 0.25) is 0 Å². The van der Waals surface area contributed by atoms with Gasteiger partial charge < -0.3 is 4.74 Å². The first kappa shape index (κ1) is 14.8. The Balaban J connectivity index is 1.46. The summed E-state index contributed by atoms with van der Waals surface area (Å²) in [6.45, 7) is 3.01. The number of benzene rings is 1. The predicted molar refractivity (Wildman–Crippen MR) is 89.5 cm³/mol. The third-order valence-corrected chi connectivity index (χ3v) is 5.32. The van der Waals surface area contributed by atoms with Crippen molar-refractivity contribution >= 4 is 0 Å². The molecule has 1 aromatic rings. The molecule has 2 aliphatic heterocycles. The van der Waals surface area contributed by atoms with Crippen molar-refractivity contribution in [3.05, 3.63) is 47.2 Å². The zero-order chi connectivity index (χ0) is 15.8. The predicted octanol–water partition coefficient (Wildman–Crippen LogP) is 3.63. The van der Waals surface area contributed by atoms with Gasteiger partial charge in [0.1, 0.15) is 11.3 Å². The molecule has 3 heteroatoms. The molecule has 1 N–H and O–H groups in total. The van der Waals surface area contributed by atoms with E-state index in [1.165, 1.54) is 18.4 Å². The maximum atomic E-state index is 6.00. The van der Waals surface area contributed by atoms with Crippen molar-refractivity contribution in [2.45, 2.75) is 56.7 Å². The molecule has 2 heterocycles. The Morgan fingerprint density at radius 3 is 2.70 bits per heavy atom. The van der Waals surface area contributed by atoms with Crippen molar-refractivity contribution in [3.8, 4) is 11.8 Å². The summed E-state index contributed by atoms with van der Waals surface area (Å²) < 4.78 is 6.00. The quantitative estimate of drug-likeness (QED) is 0.742. The molecular formula is C20H23NO2. The monoisotopic (exact) mass is 309 g/mol. The molecule has 3 nitrogen and oxygen atoms in total. The van der Waals surface area contributed by atoms with Gasteiger partial charge in [0, 0.05) is 12.2 Å². The number of allylic oxidation sites excluding steroid dienone is 1. The fourth-order valence-corrected chi connectivity index (χ4v) is 3.93. The minimum Gasteiger partial charge on any atom is -0.375 e. The van der Waals surface area contributed by atoms with E-state index in [2.05, 4.69) is 42.5 Å². The van der Waals surface area contributed by atoms with Crippen LogP contribution in [0, 0.1) is 18.8 Å². The van der Waals surface area contributed by atoms with E-state index in [1.54, 1.807) is 0 Å². The third kappa shape index (κ3) is 3.02. The normalized spacial score (nSPS) is 32.5. The molecule has 3 aliphatic rings. The maximum absolute atomic E-state index is 6.00. The van der Waals surface area contributed by atoms with Crippen LogP contribution < -0.4 is 5.48 Å². The van der Waals surface area contributed by atoms with Gasteiger partial charge in [-0.25, -0.2) is 0 Å². The molecule has 1 aromatic carbocycles. The maximum Gasteiger partial charge on any atom is 0.117 e. The summed E-state index contributed by atoms with van der Waals surface area (Å²) in [4.78, 5) is 5.91. The first-order valence-corrected chi connectivity index (χ1v) is 8.57. The van der Waals surface area contributed by atoms with Crippen LogP contribution in [0.5, 0.6) is 0 Å². The number of hydrogen-bond donors (Lipinski definition) is 1. The summed E-state index contributed by atoms with van der Waals surface area (Å²) in [5.74, 6) is 6.41. The number of nitrogens with one attached hydrogen (secondary N) is 1. The average molecular weight is 309 g/mol. The lowest BCUT2D eigenvalue weighted by atomic mass is 9.75. The second kappa shape index (κ2) is 5.70. The van der Waals surface area contributed by atoms with Crippen molar-refractivity contribution in [2.75, 3.05) is 6.61 Å². The highest BCUT2D eigenvalue weighted by Gasteiger charge is 2.46. The van der Waals surface area contributed by atoms with Gasteiger partial charge in [-0.05, 0) is 75.1 Å². The molecule has 1 aliphatic carbocycles. The molecule has 0 unspecified atom stereocenters. The molecule has 4 rings (SSSR count). The van der Waals surface area contributed by atoms with Crippen LogP contribution >= 0.6 is 0 Å². The smallest absolute Gasteiger partial charge is 0.117 e. The fraction of sp³-hybridized carbons (Fsp3) is 0.500. The van der Waals surface area contributed by atoms with Crippen molar-refractivity contribution in [1.82, 2.24) is 5.48 Å². The Hall–Kier alpha value is -1.76. The Labute approximate surface area is 138 Å². The Morgan fingerprint density at radius 1 is 1.09 bits per heavy atom. The fourth-order valence-electron chi connectivity index (χ4n) is 3.93. The summed E-state index contributed by atoms with van der Waals surface area (Å²) in [5, 5.41) is 0. The second-order valence-corrected chi connectivity index (χ2v) is 7.08. The minimum absolute atomic E-state index is 0.137. The lowest BCUT2D eigenvalue weighted by molar-refractivity contribution is -0.112. The lowest BCUT2D eigenvalue weighted by Crippen LogP contribution is -2.42. The van der Waals surface area contributed by atoms with Crippen LogP contribution in [0.3, 0.4) is 0 Å². The summed E-state index contributed by atoms with van der Waals surface area (Å²) in [6, 6.07) is 8.25. The van der Waals surface area contributed by atoms with Gasteiger partial charge in [-0.1, -0.05) is 18.1 Å². The largest absolute Gasteiger partial charge is 0.375 e. The molecule has 120 valence electrons. The minimum atomic E-state index is -0.187. The van der Waals surface area contributed by atoms with E-state index in [-0.39, 0.29) is 11.2 Å². The molecular weight excluding hydrogens is 286 g/mol. The molecule has 23 heavy (non-hydrogen) atoms. The van der Waals surface area contributed by atoms with Gasteiger partial charge in [-0.2, -0.15) is 0 Å². The summed E-state index contributed by atoms with van der Waals surface area (Å²) in [6.07, 6.45) is 8.78. The van der Waals surface area contributed by atoms with Gasteiger partial charge >= 0.3 is 0 Å². The number of ether oxygens (including phenoxy) is 1. The van der Waals surface area contributed by atoms with Gasteiger partial charge in [-0.15, -0.1) is 0 Å². The first-order valence-electron chi connectivity index (χ1n) is 8.57. The van der Waals surface area contributed by atoms with E-state index >= 15 is 0 Å². The zero-order valence-electron chi connectivity index (χ0n) is 13.7. The second-order valence-electron chi connectivity index (χ2n) is 7.08. The van der Waals surface area contributed by atoms with Crippen molar-refractivity contribution in [1.29, 1.82) is 0 Å². The van der Waals surface area contributed by atoms with E-state index in [0.29, 0.717) is 0 Å². The highest BCUT2D eigenvalue weighted by molar-refractivity contribution is 5.42. The number of hydroxylamine groups is 1. The van der Waals surface area contributed by atoms with Crippen LogP contribution in [0.1, 0.15) is 49.7 Å². The van der Waals surface area contributed by atoms with Gasteiger partial charge in [0.15, 0.2) is 0 Å². The van der Waals surface area contributed by atoms with Gasteiger partial charge in [-0.3, -0.25) is 10.3 Å². The summed E-state index contributed by atoms with van der Waals surface area (Å²) in [5.41, 5.74) is 6.13. The SMILES string of the molecule is Cc1cccc(C#CC2=CC3(CCC4(CCCO4)CC3)ON2)c1. The molecule has 0 bridgehead atoms. The van der Waals surface area contributed by atoms with Crippen molar-refractivity contribution < 1.29 is 9.57 Å². The van der Waals surface area contributed by atoms with Crippen LogP contribution in [0.25, 0.3) is 0 Å². The van der Waals surface area contributed by atoms with Gasteiger partial charge in [0.2, 0.25) is 0 Å². The topological polar surface area (TPSA) is 30.5 Å². The molecule has 2 spiro atoms. The van der Waals surface area contributed by atoms with Crippen LogP contribution in [-0.4, -0.2) is 17.8 Å². The Kier molecular flexibility index (Phi) is 3.67. The third-order valence-electron chi connectivity index (χ3n) is 5.32. The highest BCUT2D eigenvalue weighted by atomic mass is 16.7. The standard InChI is InChI=1S/C20H23NO2/c1-16-4-2-5-17(14-16)6-7-18-15-20(23-21-18)11-9-19(10-12-20)8-3-13-22-19/h2,4-5,14-15,21H,3,8-13H2,1H3.